The van der Waals surface area contributed by atoms with Crippen LogP contribution in [-0.2, 0) is 6.18 Å². The first-order valence-corrected chi connectivity index (χ1v) is 6.46. The van der Waals surface area contributed by atoms with Crippen molar-refractivity contribution in [2.24, 2.45) is 0 Å². The van der Waals surface area contributed by atoms with E-state index in [1.807, 2.05) is 4.90 Å². The van der Waals surface area contributed by atoms with Crippen molar-refractivity contribution in [2.45, 2.75) is 39.0 Å². The van der Waals surface area contributed by atoms with E-state index in [4.69, 9.17) is 0 Å². The molecule has 0 aromatic heterocycles. The van der Waals surface area contributed by atoms with Gasteiger partial charge in [-0.2, -0.15) is 13.2 Å². The summed E-state index contributed by atoms with van der Waals surface area (Å²) in [6.45, 7) is 7.15. The summed E-state index contributed by atoms with van der Waals surface area (Å²) in [5.74, 6) is 0. The maximum atomic E-state index is 12.8. The van der Waals surface area contributed by atoms with Gasteiger partial charge in [0.05, 0.1) is 5.56 Å². The lowest BCUT2D eigenvalue weighted by Gasteiger charge is -2.42. The van der Waals surface area contributed by atoms with Crippen molar-refractivity contribution >= 4 is 5.69 Å². The molecule has 2 nitrogen and oxygen atoms in total. The number of benzene rings is 1. The summed E-state index contributed by atoms with van der Waals surface area (Å²) in [6, 6.07) is 5.32. The molecule has 0 radical (unpaired) electrons. The minimum absolute atomic E-state index is 0.272. The Balaban J connectivity index is 2.08. The van der Waals surface area contributed by atoms with Crippen LogP contribution in [0.25, 0.3) is 0 Å². The standard InChI is InChI=1S/C14H19F3N2/c1-9(2)18-11-7-19(8-11)12-5-4-10(3)13(6-12)14(15,16)17/h4-6,9,11,18H,7-8H2,1-3H3. The largest absolute Gasteiger partial charge is 0.416 e. The molecule has 1 heterocycles. The Bertz CT molecular complexity index is 448. The Morgan fingerprint density at radius 2 is 1.89 bits per heavy atom. The van der Waals surface area contributed by atoms with Gasteiger partial charge in [-0.15, -0.1) is 0 Å². The van der Waals surface area contributed by atoms with Crippen molar-refractivity contribution in [3.63, 3.8) is 0 Å². The molecule has 2 rings (SSSR count). The van der Waals surface area contributed by atoms with Crippen LogP contribution < -0.4 is 10.2 Å². The fourth-order valence-corrected chi connectivity index (χ4v) is 2.38. The Labute approximate surface area is 111 Å². The molecule has 1 aliphatic rings. The van der Waals surface area contributed by atoms with Crippen LogP contribution in [0.3, 0.4) is 0 Å². The number of rotatable bonds is 3. The molecule has 1 aromatic carbocycles. The monoisotopic (exact) mass is 272 g/mol. The van der Waals surface area contributed by atoms with Gasteiger partial charge in [-0.3, -0.25) is 0 Å². The molecule has 19 heavy (non-hydrogen) atoms. The summed E-state index contributed by atoms with van der Waals surface area (Å²) < 4.78 is 38.5. The van der Waals surface area contributed by atoms with Crippen LogP contribution in [0.5, 0.6) is 0 Å². The molecule has 5 heteroatoms. The van der Waals surface area contributed by atoms with Crippen LogP contribution in [0, 0.1) is 6.92 Å². The van der Waals surface area contributed by atoms with E-state index in [-0.39, 0.29) is 5.56 Å². The van der Waals surface area contributed by atoms with Gasteiger partial charge in [-0.05, 0) is 24.6 Å². The predicted molar refractivity (Wildman–Crippen MR) is 70.5 cm³/mol. The summed E-state index contributed by atoms with van der Waals surface area (Å²) >= 11 is 0. The van der Waals surface area contributed by atoms with Crippen molar-refractivity contribution in [1.82, 2.24) is 5.32 Å². The molecule has 1 saturated heterocycles. The summed E-state index contributed by atoms with van der Waals surface area (Å²) in [7, 11) is 0. The van der Waals surface area contributed by atoms with Crippen LogP contribution >= 0.6 is 0 Å². The van der Waals surface area contributed by atoms with Gasteiger partial charge < -0.3 is 10.2 Å². The average molecular weight is 272 g/mol. The second-order valence-corrected chi connectivity index (χ2v) is 5.42. The number of alkyl halides is 3. The quantitative estimate of drug-likeness (QED) is 0.909. The summed E-state index contributed by atoms with van der Waals surface area (Å²) in [5, 5.41) is 3.37. The lowest BCUT2D eigenvalue weighted by molar-refractivity contribution is -0.138. The van der Waals surface area contributed by atoms with Gasteiger partial charge in [0.15, 0.2) is 0 Å². The molecule has 0 saturated carbocycles. The molecule has 0 atom stereocenters. The van der Waals surface area contributed by atoms with Gasteiger partial charge >= 0.3 is 6.18 Å². The number of anilines is 1. The minimum Gasteiger partial charge on any atom is -0.368 e. The van der Waals surface area contributed by atoms with Gasteiger partial charge in [-0.25, -0.2) is 0 Å². The molecule has 1 aromatic rings. The van der Waals surface area contributed by atoms with Crippen molar-refractivity contribution in [2.75, 3.05) is 18.0 Å². The molecule has 0 amide bonds. The highest BCUT2D eigenvalue weighted by molar-refractivity contribution is 5.54. The number of nitrogens with zero attached hydrogens (tertiary/aromatic N) is 1. The first-order chi connectivity index (χ1) is 8.77. The SMILES string of the molecule is Cc1ccc(N2CC(NC(C)C)C2)cc1C(F)(F)F. The third-order valence-corrected chi connectivity index (χ3v) is 3.34. The minimum atomic E-state index is -4.28. The Hall–Kier alpha value is -1.23. The molecule has 0 unspecified atom stereocenters. The van der Waals surface area contributed by atoms with E-state index >= 15 is 0 Å². The van der Waals surface area contributed by atoms with Gasteiger partial charge in [-0.1, -0.05) is 19.9 Å². The van der Waals surface area contributed by atoms with Gasteiger partial charge in [0.2, 0.25) is 0 Å². The van der Waals surface area contributed by atoms with E-state index in [9.17, 15) is 13.2 Å². The van der Waals surface area contributed by atoms with E-state index in [0.717, 1.165) is 13.1 Å². The first-order valence-electron chi connectivity index (χ1n) is 6.46. The second-order valence-electron chi connectivity index (χ2n) is 5.42. The summed E-state index contributed by atoms with van der Waals surface area (Å²) in [5.41, 5.74) is 0.388. The zero-order chi connectivity index (χ0) is 14.2. The van der Waals surface area contributed by atoms with Crippen LogP contribution in [0.2, 0.25) is 0 Å². The number of hydrogen-bond acceptors (Lipinski definition) is 2. The number of hydrogen-bond donors (Lipinski definition) is 1. The molecule has 1 aliphatic heterocycles. The van der Waals surface area contributed by atoms with Crippen molar-refractivity contribution in [1.29, 1.82) is 0 Å². The third kappa shape index (κ3) is 3.21. The maximum Gasteiger partial charge on any atom is 0.416 e. The van der Waals surface area contributed by atoms with Crippen LogP contribution in [0.1, 0.15) is 25.0 Å². The normalized spacial score (nSPS) is 16.9. The van der Waals surface area contributed by atoms with Gasteiger partial charge in [0, 0.05) is 30.9 Å². The van der Waals surface area contributed by atoms with Crippen molar-refractivity contribution < 1.29 is 13.2 Å². The zero-order valence-electron chi connectivity index (χ0n) is 11.4. The highest BCUT2D eigenvalue weighted by Gasteiger charge is 2.34. The number of aryl methyl sites for hydroxylation is 1. The Morgan fingerprint density at radius 3 is 2.42 bits per heavy atom. The fraction of sp³-hybridized carbons (Fsp3) is 0.571. The fourth-order valence-electron chi connectivity index (χ4n) is 2.38. The van der Waals surface area contributed by atoms with Gasteiger partial charge in [0.25, 0.3) is 0 Å². The van der Waals surface area contributed by atoms with E-state index in [1.165, 1.54) is 13.0 Å². The van der Waals surface area contributed by atoms with Crippen LogP contribution in [0.4, 0.5) is 18.9 Å². The topological polar surface area (TPSA) is 15.3 Å². The third-order valence-electron chi connectivity index (χ3n) is 3.34. The van der Waals surface area contributed by atoms with E-state index in [2.05, 4.69) is 19.2 Å². The van der Waals surface area contributed by atoms with Gasteiger partial charge in [0.1, 0.15) is 0 Å². The molecule has 106 valence electrons. The smallest absolute Gasteiger partial charge is 0.368 e. The Morgan fingerprint density at radius 1 is 1.26 bits per heavy atom. The molecular weight excluding hydrogens is 253 g/mol. The van der Waals surface area contributed by atoms with E-state index < -0.39 is 11.7 Å². The van der Waals surface area contributed by atoms with E-state index in [0.29, 0.717) is 17.8 Å². The second kappa shape index (κ2) is 5.04. The zero-order valence-corrected chi connectivity index (χ0v) is 11.4. The number of halogens is 3. The van der Waals surface area contributed by atoms with Crippen LogP contribution in [-0.4, -0.2) is 25.2 Å². The average Bonchev–Trinajstić information content (AvgIpc) is 2.22. The van der Waals surface area contributed by atoms with Crippen LogP contribution in [0.15, 0.2) is 18.2 Å². The predicted octanol–water partition coefficient (Wildman–Crippen LogP) is 3.20. The molecule has 1 N–H and O–H groups in total. The highest BCUT2D eigenvalue weighted by atomic mass is 19.4. The lowest BCUT2D eigenvalue weighted by atomic mass is 10.0. The summed E-state index contributed by atoms with van der Waals surface area (Å²) in [4.78, 5) is 1.97. The van der Waals surface area contributed by atoms with E-state index in [1.54, 1.807) is 12.1 Å². The molecule has 0 spiro atoms. The summed E-state index contributed by atoms with van der Waals surface area (Å²) in [6.07, 6.45) is -4.28. The van der Waals surface area contributed by atoms with Crippen molar-refractivity contribution in [3.8, 4) is 0 Å². The lowest BCUT2D eigenvalue weighted by Crippen LogP contribution is -2.59. The maximum absolute atomic E-state index is 12.8. The molecule has 0 aliphatic carbocycles. The molecular formula is C14H19F3N2. The Kier molecular flexibility index (Phi) is 3.76. The molecule has 0 bridgehead atoms. The first kappa shape index (κ1) is 14.2. The highest BCUT2D eigenvalue weighted by Crippen LogP contribution is 2.35. The number of nitrogens with one attached hydrogen (secondary N) is 1. The molecule has 1 fully saturated rings. The van der Waals surface area contributed by atoms with Crippen molar-refractivity contribution in [3.05, 3.63) is 29.3 Å².